The average molecular weight is 306 g/mol. The number of rotatable bonds is 2. The molecular formula is C6H11IO6. The van der Waals surface area contributed by atoms with Gasteiger partial charge in [0, 0.05) is 0 Å². The van der Waals surface area contributed by atoms with Crippen LogP contribution < -0.4 is 0 Å². The minimum absolute atomic E-state index is 0.443. The quantitative estimate of drug-likeness (QED) is 0.447. The van der Waals surface area contributed by atoms with E-state index in [0.29, 0.717) is 0 Å². The van der Waals surface area contributed by atoms with Crippen molar-refractivity contribution in [2.24, 2.45) is 0 Å². The molecule has 0 aromatic carbocycles. The van der Waals surface area contributed by atoms with E-state index in [0.717, 1.165) is 0 Å². The van der Waals surface area contributed by atoms with E-state index < -0.39 is 37.3 Å². The molecule has 0 aliphatic carbocycles. The monoisotopic (exact) mass is 306 g/mol. The van der Waals surface area contributed by atoms with Gasteiger partial charge in [-0.2, -0.15) is 0 Å². The highest BCUT2D eigenvalue weighted by Gasteiger charge is 2.43. The second-order valence-electron chi connectivity index (χ2n) is 2.79. The molecule has 13 heavy (non-hydrogen) atoms. The summed E-state index contributed by atoms with van der Waals surface area (Å²) in [6, 6.07) is 0. The summed E-state index contributed by atoms with van der Waals surface area (Å²) in [6.45, 7) is -0.443. The number of aliphatic hydroxyl groups excluding tert-OH is 4. The first-order chi connectivity index (χ1) is 6.11. The molecule has 0 aromatic heterocycles. The zero-order chi connectivity index (χ0) is 10.0. The molecule has 1 fully saturated rings. The summed E-state index contributed by atoms with van der Waals surface area (Å²) in [6.07, 6.45) is -5.95. The van der Waals surface area contributed by atoms with Gasteiger partial charge in [0.25, 0.3) is 0 Å². The maximum absolute atomic E-state index is 9.27. The lowest BCUT2D eigenvalue weighted by molar-refractivity contribution is -0.269. The van der Waals surface area contributed by atoms with Crippen LogP contribution in [-0.4, -0.2) is 57.7 Å². The van der Waals surface area contributed by atoms with Gasteiger partial charge in [0.1, 0.15) is 47.4 Å². The van der Waals surface area contributed by atoms with Gasteiger partial charge >= 0.3 is 0 Å². The molecule has 1 aliphatic heterocycles. The highest BCUT2D eigenvalue weighted by atomic mass is 127. The molecule has 1 heterocycles. The van der Waals surface area contributed by atoms with Crippen LogP contribution >= 0.6 is 23.0 Å². The fourth-order valence-corrected chi connectivity index (χ4v) is 1.56. The molecule has 1 aliphatic rings. The van der Waals surface area contributed by atoms with E-state index in [1.54, 1.807) is 0 Å². The number of aliphatic hydroxyl groups is 4. The number of ether oxygens (including phenoxy) is 1. The molecule has 0 saturated carbocycles. The van der Waals surface area contributed by atoms with Gasteiger partial charge < -0.3 is 25.2 Å². The third-order valence-corrected chi connectivity index (χ3v) is 2.44. The first-order valence-corrected chi connectivity index (χ1v) is 4.57. The fraction of sp³-hybridized carbons (Fsp3) is 1.00. The van der Waals surface area contributed by atoms with Gasteiger partial charge in [0.15, 0.2) is 6.29 Å². The van der Waals surface area contributed by atoms with Crippen molar-refractivity contribution in [2.45, 2.75) is 30.7 Å². The van der Waals surface area contributed by atoms with E-state index in [1.807, 2.05) is 0 Å². The van der Waals surface area contributed by atoms with E-state index in [-0.39, 0.29) is 0 Å². The lowest BCUT2D eigenvalue weighted by Gasteiger charge is -2.38. The molecule has 0 unspecified atom stereocenters. The minimum atomic E-state index is -1.37. The van der Waals surface area contributed by atoms with Crippen LogP contribution in [0.5, 0.6) is 0 Å². The fourth-order valence-electron chi connectivity index (χ4n) is 1.14. The molecule has 0 spiro atoms. The second kappa shape index (κ2) is 4.82. The second-order valence-corrected chi connectivity index (χ2v) is 3.29. The molecule has 1 saturated heterocycles. The van der Waals surface area contributed by atoms with Gasteiger partial charge in [0.05, 0.1) is 6.61 Å². The third kappa shape index (κ3) is 2.29. The predicted molar refractivity (Wildman–Crippen MR) is 48.9 cm³/mol. The van der Waals surface area contributed by atoms with Crippen LogP contribution in [0.4, 0.5) is 0 Å². The molecule has 5 atom stereocenters. The summed E-state index contributed by atoms with van der Waals surface area (Å²) < 4.78 is 9.61. The maximum Gasteiger partial charge on any atom is 0.197 e. The Morgan fingerprint density at radius 2 is 1.77 bits per heavy atom. The molecule has 0 aromatic rings. The lowest BCUT2D eigenvalue weighted by atomic mass is 10.00. The standard InChI is InChI=1S/C6H11IO6/c7-13-6-5(11)4(10)3(9)2(1-8)12-6/h2-6,8-11H,1H2/t2-,3-,4+,5-,6-/m1/s1. The summed E-state index contributed by atoms with van der Waals surface area (Å²) in [5.41, 5.74) is 0. The first kappa shape index (κ1) is 11.6. The third-order valence-electron chi connectivity index (χ3n) is 1.94. The summed E-state index contributed by atoms with van der Waals surface area (Å²) in [5, 5.41) is 36.6. The Balaban J connectivity index is 2.66. The first-order valence-electron chi connectivity index (χ1n) is 3.69. The molecule has 1 rings (SSSR count). The molecule has 7 heteroatoms. The Bertz CT molecular complexity index is 147. The summed E-state index contributed by atoms with van der Waals surface area (Å²) >= 11 is 1.51. The van der Waals surface area contributed by atoms with Crippen molar-refractivity contribution < 1.29 is 28.2 Å². The Morgan fingerprint density at radius 3 is 2.23 bits per heavy atom. The van der Waals surface area contributed by atoms with Crippen molar-refractivity contribution in [3.8, 4) is 0 Å². The SMILES string of the molecule is OC[C@H]1O[C@H](OI)[C@H](O)[C@@H](O)[C@@H]1O. The molecular weight excluding hydrogens is 295 g/mol. The normalized spacial score (nSPS) is 46.4. The summed E-state index contributed by atoms with van der Waals surface area (Å²) in [7, 11) is 0. The number of halogens is 1. The Kier molecular flexibility index (Phi) is 4.29. The van der Waals surface area contributed by atoms with Crippen molar-refractivity contribution in [3.05, 3.63) is 0 Å². The Hall–Kier alpha value is 0.490. The van der Waals surface area contributed by atoms with Crippen LogP contribution in [0.2, 0.25) is 0 Å². The molecule has 78 valence electrons. The summed E-state index contributed by atoms with van der Waals surface area (Å²) in [4.78, 5) is 0. The van der Waals surface area contributed by atoms with Crippen LogP contribution in [0.1, 0.15) is 0 Å². The molecule has 0 bridgehead atoms. The Morgan fingerprint density at radius 1 is 1.15 bits per heavy atom. The highest BCUT2D eigenvalue weighted by molar-refractivity contribution is 14.1. The number of hydrogen-bond donors (Lipinski definition) is 4. The van der Waals surface area contributed by atoms with E-state index in [9.17, 15) is 15.3 Å². The van der Waals surface area contributed by atoms with Crippen LogP contribution in [0, 0.1) is 0 Å². The smallest absolute Gasteiger partial charge is 0.197 e. The van der Waals surface area contributed by atoms with Crippen molar-refractivity contribution in [2.75, 3.05) is 6.61 Å². The van der Waals surface area contributed by atoms with Crippen LogP contribution in [0.3, 0.4) is 0 Å². The molecule has 0 radical (unpaired) electrons. The van der Waals surface area contributed by atoms with Crippen LogP contribution in [0.25, 0.3) is 0 Å². The topological polar surface area (TPSA) is 99.4 Å². The lowest BCUT2D eigenvalue weighted by Crippen LogP contribution is -2.58. The highest BCUT2D eigenvalue weighted by Crippen LogP contribution is 2.22. The zero-order valence-electron chi connectivity index (χ0n) is 6.58. The average Bonchev–Trinajstić information content (AvgIpc) is 2.15. The van der Waals surface area contributed by atoms with E-state index >= 15 is 0 Å². The van der Waals surface area contributed by atoms with E-state index in [1.165, 1.54) is 23.0 Å². The minimum Gasteiger partial charge on any atom is -0.394 e. The Labute approximate surface area is 88.8 Å². The maximum atomic E-state index is 9.27. The van der Waals surface area contributed by atoms with Crippen LogP contribution in [0.15, 0.2) is 0 Å². The number of hydrogen-bond acceptors (Lipinski definition) is 6. The zero-order valence-corrected chi connectivity index (χ0v) is 8.73. The van der Waals surface area contributed by atoms with Gasteiger partial charge in [-0.1, -0.05) is 0 Å². The van der Waals surface area contributed by atoms with Crippen LogP contribution in [-0.2, 0) is 7.80 Å². The largest absolute Gasteiger partial charge is 0.394 e. The van der Waals surface area contributed by atoms with Gasteiger partial charge in [-0.25, -0.2) is 0 Å². The van der Waals surface area contributed by atoms with Crippen molar-refractivity contribution >= 4 is 23.0 Å². The van der Waals surface area contributed by atoms with Crippen molar-refractivity contribution in [1.29, 1.82) is 0 Å². The van der Waals surface area contributed by atoms with Crippen molar-refractivity contribution in [1.82, 2.24) is 0 Å². The van der Waals surface area contributed by atoms with Gasteiger partial charge in [-0.15, -0.1) is 0 Å². The summed E-state index contributed by atoms with van der Waals surface area (Å²) in [5.74, 6) is 0. The van der Waals surface area contributed by atoms with Gasteiger partial charge in [0.2, 0.25) is 0 Å². The molecule has 6 nitrogen and oxygen atoms in total. The van der Waals surface area contributed by atoms with E-state index in [4.69, 9.17) is 9.84 Å². The predicted octanol–water partition coefficient (Wildman–Crippen LogP) is -1.85. The molecule has 4 N–H and O–H groups in total. The van der Waals surface area contributed by atoms with E-state index in [2.05, 4.69) is 3.07 Å². The van der Waals surface area contributed by atoms with Gasteiger partial charge in [-0.05, 0) is 0 Å². The van der Waals surface area contributed by atoms with Gasteiger partial charge in [-0.3, -0.25) is 3.07 Å². The molecule has 0 amide bonds. The van der Waals surface area contributed by atoms with Crippen molar-refractivity contribution in [3.63, 3.8) is 0 Å².